The van der Waals surface area contributed by atoms with Crippen molar-refractivity contribution in [3.8, 4) is 0 Å². The van der Waals surface area contributed by atoms with Gasteiger partial charge in [-0.3, -0.25) is 4.79 Å². The monoisotopic (exact) mass is 405 g/mol. The van der Waals surface area contributed by atoms with Gasteiger partial charge in [-0.05, 0) is 31.4 Å². The zero-order chi connectivity index (χ0) is 21.1. The van der Waals surface area contributed by atoms with Crippen LogP contribution in [-0.2, 0) is 20.7 Å². The molecule has 0 bridgehead atoms. The van der Waals surface area contributed by atoms with Crippen LogP contribution in [0.15, 0.2) is 77.1 Å². The highest BCUT2D eigenvalue weighted by molar-refractivity contribution is 6.03. The van der Waals surface area contributed by atoms with Gasteiger partial charge in [-0.25, -0.2) is 9.18 Å². The molecule has 0 saturated heterocycles. The molecule has 0 amide bonds. The Kier molecular flexibility index (Phi) is 5.79. The highest BCUT2D eigenvalue weighted by atomic mass is 19.1. The smallest absolute Gasteiger partial charge is 0.336 e. The van der Waals surface area contributed by atoms with Crippen molar-refractivity contribution in [2.24, 2.45) is 0 Å². The minimum Gasteiger partial charge on any atom is -0.462 e. The molecule has 154 valence electrons. The van der Waals surface area contributed by atoms with Gasteiger partial charge in [0.15, 0.2) is 5.78 Å². The third-order valence-electron chi connectivity index (χ3n) is 5.68. The number of allylic oxidation sites excluding steroid dienone is 3. The molecule has 30 heavy (non-hydrogen) atoms. The quantitative estimate of drug-likeness (QED) is 0.740. The molecule has 2 aliphatic rings. The van der Waals surface area contributed by atoms with E-state index >= 15 is 0 Å². The SMILES string of the molecule is CC1=C(C(=O)OCCc2ccccc2)[C@H](c2ccccc2F)C2=C(CCCC2=O)N1. The standard InChI is InChI=1S/C25H24FNO3/c1-16-22(25(29)30-15-14-17-8-3-2-4-9-17)23(18-10-5-6-11-19(18)26)24-20(27-16)12-7-13-21(24)28/h2-6,8-11,23,27H,7,12-15H2,1H3/t23-/m0/s1. The van der Waals surface area contributed by atoms with Crippen molar-refractivity contribution in [1.82, 2.24) is 5.32 Å². The summed E-state index contributed by atoms with van der Waals surface area (Å²) in [5.74, 6) is -1.75. The van der Waals surface area contributed by atoms with E-state index in [0.717, 1.165) is 17.7 Å². The van der Waals surface area contributed by atoms with Crippen molar-refractivity contribution in [3.63, 3.8) is 0 Å². The van der Waals surface area contributed by atoms with E-state index in [1.54, 1.807) is 25.1 Å². The van der Waals surface area contributed by atoms with E-state index in [1.807, 2.05) is 30.3 Å². The second-order valence-corrected chi connectivity index (χ2v) is 7.66. The van der Waals surface area contributed by atoms with E-state index in [1.165, 1.54) is 6.07 Å². The van der Waals surface area contributed by atoms with Gasteiger partial charge in [-0.15, -0.1) is 0 Å². The van der Waals surface area contributed by atoms with E-state index in [0.29, 0.717) is 41.7 Å². The second-order valence-electron chi connectivity index (χ2n) is 7.66. The number of ketones is 1. The number of esters is 1. The van der Waals surface area contributed by atoms with Crippen LogP contribution in [0.4, 0.5) is 4.39 Å². The lowest BCUT2D eigenvalue weighted by Gasteiger charge is -2.34. The van der Waals surface area contributed by atoms with Crippen LogP contribution in [0.1, 0.15) is 43.2 Å². The second kappa shape index (κ2) is 8.66. The highest BCUT2D eigenvalue weighted by Gasteiger charge is 2.40. The van der Waals surface area contributed by atoms with E-state index in [2.05, 4.69) is 5.32 Å². The molecule has 1 aliphatic heterocycles. The molecule has 4 nitrogen and oxygen atoms in total. The van der Waals surface area contributed by atoms with Crippen LogP contribution in [0.5, 0.6) is 0 Å². The number of carbonyl (C=O) groups is 2. The topological polar surface area (TPSA) is 55.4 Å². The number of rotatable bonds is 5. The summed E-state index contributed by atoms with van der Waals surface area (Å²) in [4.78, 5) is 25.9. The Labute approximate surface area is 175 Å². The van der Waals surface area contributed by atoms with Gasteiger partial charge in [0.2, 0.25) is 0 Å². The number of benzene rings is 2. The molecule has 0 fully saturated rings. The van der Waals surface area contributed by atoms with Gasteiger partial charge in [0.05, 0.1) is 18.1 Å². The molecule has 0 saturated carbocycles. The molecule has 2 aromatic rings. The number of hydrogen-bond donors (Lipinski definition) is 1. The van der Waals surface area contributed by atoms with Gasteiger partial charge >= 0.3 is 5.97 Å². The van der Waals surface area contributed by atoms with Crippen molar-refractivity contribution in [1.29, 1.82) is 0 Å². The fourth-order valence-corrected chi connectivity index (χ4v) is 4.26. The Balaban J connectivity index is 1.65. The molecule has 1 heterocycles. The summed E-state index contributed by atoms with van der Waals surface area (Å²) < 4.78 is 20.3. The molecule has 0 radical (unpaired) electrons. The first-order valence-electron chi connectivity index (χ1n) is 10.3. The van der Waals surface area contributed by atoms with Gasteiger partial charge in [0.25, 0.3) is 0 Å². The van der Waals surface area contributed by atoms with Crippen LogP contribution in [-0.4, -0.2) is 18.4 Å². The van der Waals surface area contributed by atoms with E-state index in [4.69, 9.17) is 4.74 Å². The lowest BCUT2D eigenvalue weighted by atomic mass is 9.75. The maximum Gasteiger partial charge on any atom is 0.336 e. The van der Waals surface area contributed by atoms with E-state index < -0.39 is 17.7 Å². The van der Waals surface area contributed by atoms with Crippen molar-refractivity contribution < 1.29 is 18.7 Å². The summed E-state index contributed by atoms with van der Waals surface area (Å²) in [7, 11) is 0. The van der Waals surface area contributed by atoms with Gasteiger partial charge in [-0.1, -0.05) is 48.5 Å². The minimum atomic E-state index is -0.750. The number of ether oxygens (including phenoxy) is 1. The predicted octanol–water partition coefficient (Wildman–Crippen LogP) is 4.58. The first-order chi connectivity index (χ1) is 14.6. The van der Waals surface area contributed by atoms with Crippen LogP contribution in [0.2, 0.25) is 0 Å². The molecule has 5 heteroatoms. The molecule has 1 atom stereocenters. The van der Waals surface area contributed by atoms with Crippen LogP contribution >= 0.6 is 0 Å². The van der Waals surface area contributed by atoms with Crippen LogP contribution in [0.3, 0.4) is 0 Å². The minimum absolute atomic E-state index is 0.0425. The summed E-state index contributed by atoms with van der Waals surface area (Å²) in [6.45, 7) is 1.99. The van der Waals surface area contributed by atoms with Crippen molar-refractivity contribution in [2.75, 3.05) is 6.61 Å². The molecule has 4 rings (SSSR count). The van der Waals surface area contributed by atoms with Gasteiger partial charge in [0, 0.05) is 35.4 Å². The molecule has 0 spiro atoms. The summed E-state index contributed by atoms with van der Waals surface area (Å²) in [5, 5.41) is 3.22. The Morgan fingerprint density at radius 1 is 1.10 bits per heavy atom. The molecular formula is C25H24FNO3. The molecule has 1 N–H and O–H groups in total. The molecule has 0 unspecified atom stereocenters. The predicted molar refractivity (Wildman–Crippen MR) is 112 cm³/mol. The number of nitrogens with one attached hydrogen (secondary N) is 1. The van der Waals surface area contributed by atoms with Crippen LogP contribution < -0.4 is 5.32 Å². The first kappa shape index (κ1) is 20.1. The Morgan fingerprint density at radius 3 is 2.60 bits per heavy atom. The van der Waals surface area contributed by atoms with Gasteiger partial charge in [0.1, 0.15) is 5.82 Å². The molecule has 1 aliphatic carbocycles. The summed E-state index contributed by atoms with van der Waals surface area (Å²) in [5.41, 5.74) is 3.60. The number of dihydropyridines is 1. The third-order valence-corrected chi connectivity index (χ3v) is 5.68. The van der Waals surface area contributed by atoms with Crippen molar-refractivity contribution >= 4 is 11.8 Å². The Bertz CT molecular complexity index is 1040. The van der Waals surface area contributed by atoms with E-state index in [9.17, 15) is 14.0 Å². The fourth-order valence-electron chi connectivity index (χ4n) is 4.26. The number of carbonyl (C=O) groups excluding carboxylic acids is 2. The molecule has 2 aromatic carbocycles. The lowest BCUT2D eigenvalue weighted by Crippen LogP contribution is -2.34. The Morgan fingerprint density at radius 2 is 1.83 bits per heavy atom. The molecule has 0 aromatic heterocycles. The summed E-state index contributed by atoms with van der Waals surface area (Å²) in [6, 6.07) is 16.1. The Hall–Kier alpha value is -3.21. The first-order valence-corrected chi connectivity index (χ1v) is 10.3. The van der Waals surface area contributed by atoms with Crippen molar-refractivity contribution in [3.05, 3.63) is 94.1 Å². The largest absolute Gasteiger partial charge is 0.462 e. The number of halogens is 1. The molecular weight excluding hydrogens is 381 g/mol. The van der Waals surface area contributed by atoms with Crippen LogP contribution in [0, 0.1) is 5.82 Å². The summed E-state index contributed by atoms with van der Waals surface area (Å²) >= 11 is 0. The number of hydrogen-bond acceptors (Lipinski definition) is 4. The third kappa shape index (κ3) is 3.92. The normalized spacial score (nSPS) is 18.7. The average Bonchev–Trinajstić information content (AvgIpc) is 2.74. The lowest BCUT2D eigenvalue weighted by molar-refractivity contribution is -0.139. The number of Topliss-reactive ketones (excluding diaryl/α,β-unsaturated/α-hetero) is 1. The summed E-state index contributed by atoms with van der Waals surface area (Å²) in [6.07, 6.45) is 2.45. The van der Waals surface area contributed by atoms with Crippen LogP contribution in [0.25, 0.3) is 0 Å². The van der Waals surface area contributed by atoms with E-state index in [-0.39, 0.29) is 12.4 Å². The maximum absolute atomic E-state index is 14.8. The highest BCUT2D eigenvalue weighted by Crippen LogP contribution is 2.43. The zero-order valence-corrected chi connectivity index (χ0v) is 16.9. The van der Waals surface area contributed by atoms with Crippen molar-refractivity contribution in [2.45, 2.75) is 38.5 Å². The zero-order valence-electron chi connectivity index (χ0n) is 16.9. The fraction of sp³-hybridized carbons (Fsp3) is 0.280. The van der Waals surface area contributed by atoms with Gasteiger partial charge in [-0.2, -0.15) is 0 Å². The van der Waals surface area contributed by atoms with Gasteiger partial charge < -0.3 is 10.1 Å². The maximum atomic E-state index is 14.8. The average molecular weight is 405 g/mol.